The fraction of sp³-hybridized carbons (Fsp3) is 0.364. The lowest BCUT2D eigenvalue weighted by Crippen LogP contribution is -2.49. The summed E-state index contributed by atoms with van der Waals surface area (Å²) in [5.41, 5.74) is 1.25. The first-order valence-corrected chi connectivity index (χ1v) is 9.88. The molecule has 2 saturated heterocycles. The fourth-order valence-electron chi connectivity index (χ4n) is 3.63. The summed E-state index contributed by atoms with van der Waals surface area (Å²) < 4.78 is 11.2. The highest BCUT2D eigenvalue weighted by Crippen LogP contribution is 2.22. The van der Waals surface area contributed by atoms with E-state index < -0.39 is 0 Å². The van der Waals surface area contributed by atoms with Gasteiger partial charge < -0.3 is 23.9 Å². The Morgan fingerprint density at radius 2 is 1.66 bits per heavy atom. The monoisotopic (exact) mass is 392 g/mol. The Labute approximate surface area is 170 Å². The second kappa shape index (κ2) is 8.84. The van der Waals surface area contributed by atoms with E-state index in [2.05, 4.69) is 21.9 Å². The second-order valence-electron chi connectivity index (χ2n) is 7.06. The molecule has 150 valence electrons. The zero-order chi connectivity index (χ0) is 20.1. The number of para-hydroxylation sites is 1. The van der Waals surface area contributed by atoms with Gasteiger partial charge in [0.05, 0.1) is 13.2 Å². The molecule has 29 heavy (non-hydrogen) atoms. The molecule has 0 atom stereocenters. The molecule has 0 bridgehead atoms. The molecule has 2 aromatic rings. The van der Waals surface area contributed by atoms with Gasteiger partial charge in [-0.15, -0.1) is 0 Å². The van der Waals surface area contributed by atoms with E-state index in [0.717, 1.165) is 37.8 Å². The summed E-state index contributed by atoms with van der Waals surface area (Å²) >= 11 is 0. The second-order valence-corrected chi connectivity index (χ2v) is 7.06. The molecule has 1 amide bonds. The first-order valence-electron chi connectivity index (χ1n) is 9.88. The van der Waals surface area contributed by atoms with Crippen LogP contribution in [0.4, 0.5) is 11.6 Å². The molecule has 0 radical (unpaired) electrons. The summed E-state index contributed by atoms with van der Waals surface area (Å²) in [6.07, 6.45) is 1.54. The Morgan fingerprint density at radius 1 is 0.931 bits per heavy atom. The topological polar surface area (TPSA) is 72.9 Å². The molecule has 3 heterocycles. The van der Waals surface area contributed by atoms with Crippen molar-refractivity contribution < 1.29 is 13.9 Å². The molecule has 0 saturated carbocycles. The van der Waals surface area contributed by atoms with Crippen LogP contribution in [0.3, 0.4) is 0 Å². The molecule has 0 aliphatic carbocycles. The summed E-state index contributed by atoms with van der Waals surface area (Å²) in [6.45, 7) is 5.55. The molecule has 7 nitrogen and oxygen atoms in total. The Balaban J connectivity index is 1.40. The smallest absolute Gasteiger partial charge is 0.264 e. The van der Waals surface area contributed by atoms with Gasteiger partial charge in [-0.05, 0) is 18.2 Å². The number of nitrogens with zero attached hydrogens (tertiary/aromatic N) is 4. The van der Waals surface area contributed by atoms with Gasteiger partial charge in [-0.1, -0.05) is 18.2 Å². The number of carbonyl (C=O) groups excluding carboxylic acids is 1. The maximum atomic E-state index is 12.8. The first-order chi connectivity index (χ1) is 14.2. The van der Waals surface area contributed by atoms with Crippen LogP contribution in [0, 0.1) is 11.3 Å². The maximum absolute atomic E-state index is 12.8. The molecule has 2 fully saturated rings. The van der Waals surface area contributed by atoms with Crippen LogP contribution >= 0.6 is 0 Å². The predicted molar refractivity (Wildman–Crippen MR) is 111 cm³/mol. The number of morpholine rings is 1. The van der Waals surface area contributed by atoms with Crippen LogP contribution < -0.4 is 9.80 Å². The van der Waals surface area contributed by atoms with Crippen molar-refractivity contribution in [2.45, 2.75) is 0 Å². The number of piperazine rings is 1. The molecule has 2 aliphatic rings. The summed E-state index contributed by atoms with van der Waals surface area (Å²) in [7, 11) is 0. The molecule has 0 unspecified atom stereocenters. The van der Waals surface area contributed by atoms with Crippen molar-refractivity contribution in [2.24, 2.45) is 0 Å². The van der Waals surface area contributed by atoms with Gasteiger partial charge in [-0.25, -0.2) is 0 Å². The van der Waals surface area contributed by atoms with Crippen molar-refractivity contribution in [3.8, 4) is 6.07 Å². The Kier molecular flexibility index (Phi) is 5.82. The Hall–Kier alpha value is -3.24. The molecule has 2 aliphatic heterocycles. The lowest BCUT2D eigenvalue weighted by atomic mass is 10.2. The van der Waals surface area contributed by atoms with Crippen LogP contribution in [0.5, 0.6) is 0 Å². The number of carbonyl (C=O) groups is 1. The third-order valence-electron chi connectivity index (χ3n) is 5.26. The standard InChI is InChI=1S/C22H24N4O3/c23-17-18(16-20-6-7-21(29-20)25-12-14-28-15-13-25)22(27)26-10-8-24(9-11-26)19-4-2-1-3-5-19/h1-7,16H,8-15H2/b18-16-. The molecule has 0 N–H and O–H groups in total. The molecular formula is C22H24N4O3. The Morgan fingerprint density at radius 3 is 2.34 bits per heavy atom. The van der Waals surface area contributed by atoms with Gasteiger partial charge in [-0.3, -0.25) is 4.79 Å². The molecular weight excluding hydrogens is 368 g/mol. The minimum atomic E-state index is -0.246. The zero-order valence-electron chi connectivity index (χ0n) is 16.3. The highest BCUT2D eigenvalue weighted by molar-refractivity contribution is 6.01. The van der Waals surface area contributed by atoms with Gasteiger partial charge >= 0.3 is 0 Å². The van der Waals surface area contributed by atoms with Gasteiger partial charge in [0.15, 0.2) is 5.88 Å². The quantitative estimate of drug-likeness (QED) is 0.588. The van der Waals surface area contributed by atoms with Crippen LogP contribution in [-0.4, -0.2) is 63.3 Å². The number of furan rings is 1. The number of nitriles is 1. The van der Waals surface area contributed by atoms with Crippen molar-refractivity contribution in [3.05, 3.63) is 53.8 Å². The predicted octanol–water partition coefficient (Wildman–Crippen LogP) is 2.37. The van der Waals surface area contributed by atoms with Crippen LogP contribution in [0.15, 0.2) is 52.5 Å². The fourth-order valence-corrected chi connectivity index (χ4v) is 3.63. The number of benzene rings is 1. The third kappa shape index (κ3) is 4.44. The van der Waals surface area contributed by atoms with Crippen molar-refractivity contribution in [1.82, 2.24) is 4.90 Å². The summed E-state index contributed by atoms with van der Waals surface area (Å²) in [5.74, 6) is 1.00. The molecule has 1 aromatic heterocycles. The van der Waals surface area contributed by atoms with Crippen molar-refractivity contribution >= 4 is 23.6 Å². The number of hydrogen-bond acceptors (Lipinski definition) is 6. The number of rotatable bonds is 4. The number of ether oxygens (including phenoxy) is 1. The Bertz CT molecular complexity index is 902. The number of anilines is 2. The lowest BCUT2D eigenvalue weighted by Gasteiger charge is -2.36. The van der Waals surface area contributed by atoms with Crippen LogP contribution in [0.1, 0.15) is 5.76 Å². The maximum Gasteiger partial charge on any atom is 0.264 e. The molecule has 4 rings (SSSR count). The SMILES string of the molecule is N#C/C(=C/c1ccc(N2CCOCC2)o1)C(=O)N1CCN(c2ccccc2)CC1. The summed E-state index contributed by atoms with van der Waals surface area (Å²) in [4.78, 5) is 18.9. The molecule has 7 heteroatoms. The van der Waals surface area contributed by atoms with Gasteiger partial charge in [0.1, 0.15) is 17.4 Å². The summed E-state index contributed by atoms with van der Waals surface area (Å²) in [5, 5.41) is 9.53. The number of hydrogen-bond donors (Lipinski definition) is 0. The van der Waals surface area contributed by atoms with Gasteiger partial charge in [0, 0.05) is 57.1 Å². The molecule has 0 spiro atoms. The molecule has 1 aromatic carbocycles. The zero-order valence-corrected chi connectivity index (χ0v) is 16.3. The van der Waals surface area contributed by atoms with Gasteiger partial charge in [0.2, 0.25) is 0 Å². The van der Waals surface area contributed by atoms with Crippen LogP contribution in [0.25, 0.3) is 6.08 Å². The van der Waals surface area contributed by atoms with E-state index in [9.17, 15) is 10.1 Å². The van der Waals surface area contributed by atoms with Crippen LogP contribution in [0.2, 0.25) is 0 Å². The lowest BCUT2D eigenvalue weighted by molar-refractivity contribution is -0.126. The third-order valence-corrected chi connectivity index (χ3v) is 5.26. The van der Waals surface area contributed by atoms with E-state index in [1.807, 2.05) is 30.3 Å². The van der Waals surface area contributed by atoms with E-state index in [1.54, 1.807) is 11.0 Å². The number of amides is 1. The first kappa shape index (κ1) is 19.1. The highest BCUT2D eigenvalue weighted by Gasteiger charge is 2.24. The normalized spacial score (nSPS) is 17.9. The van der Waals surface area contributed by atoms with Crippen LogP contribution in [-0.2, 0) is 9.53 Å². The summed E-state index contributed by atoms with van der Waals surface area (Å²) in [6, 6.07) is 15.9. The van der Waals surface area contributed by atoms with Crippen molar-refractivity contribution in [2.75, 3.05) is 62.3 Å². The minimum Gasteiger partial charge on any atom is -0.441 e. The van der Waals surface area contributed by atoms with E-state index >= 15 is 0 Å². The van der Waals surface area contributed by atoms with E-state index in [1.165, 1.54) is 6.08 Å². The average Bonchev–Trinajstić information content (AvgIpc) is 3.27. The van der Waals surface area contributed by atoms with E-state index in [4.69, 9.17) is 9.15 Å². The highest BCUT2D eigenvalue weighted by atomic mass is 16.5. The van der Waals surface area contributed by atoms with E-state index in [0.29, 0.717) is 32.1 Å². The van der Waals surface area contributed by atoms with Gasteiger partial charge in [0.25, 0.3) is 5.91 Å². The van der Waals surface area contributed by atoms with E-state index in [-0.39, 0.29) is 11.5 Å². The minimum absolute atomic E-state index is 0.0982. The largest absolute Gasteiger partial charge is 0.441 e. The van der Waals surface area contributed by atoms with Crippen molar-refractivity contribution in [3.63, 3.8) is 0 Å². The average molecular weight is 392 g/mol. The van der Waals surface area contributed by atoms with Gasteiger partial charge in [-0.2, -0.15) is 5.26 Å². The van der Waals surface area contributed by atoms with Crippen molar-refractivity contribution in [1.29, 1.82) is 5.26 Å².